The molecule has 0 radical (unpaired) electrons. The van der Waals surface area contributed by atoms with Gasteiger partial charge in [-0.1, -0.05) is 115 Å². The molecule has 0 aromatic carbocycles. The summed E-state index contributed by atoms with van der Waals surface area (Å²) in [5.41, 5.74) is 0. The van der Waals surface area contributed by atoms with E-state index in [0.717, 1.165) is 77.0 Å². The number of ether oxygens (including phenoxy) is 3. The van der Waals surface area contributed by atoms with Gasteiger partial charge in [-0.3, -0.25) is 18.6 Å². The van der Waals surface area contributed by atoms with Gasteiger partial charge in [-0.15, -0.1) is 0 Å². The van der Waals surface area contributed by atoms with Crippen LogP contribution in [0.1, 0.15) is 168 Å². The van der Waals surface area contributed by atoms with Crippen LogP contribution in [0, 0.1) is 0 Å². The Labute approximate surface area is 324 Å². The molecule has 1 N–H and O–H groups in total. The van der Waals surface area contributed by atoms with Crippen molar-refractivity contribution in [3.8, 4) is 0 Å². The standard InChI is InChI=1S/C42H78NO9P/c1-6-8-10-11-12-13-14-15-16-17-22-25-29-33-42(45)51-38(37-50-53(46,47)49-35-34-43(3,4)5)36-48-41(44)32-28-24-21-19-18-20-23-27-31-40-39(52-40)30-26-9-7-2/h13-14,23,27,38-40H,6-12,15-22,24-26,28-37H2,1-5H3/p+1/b14-13-,27-23-/t38-,39?,40?/m1/s1. The van der Waals surface area contributed by atoms with E-state index in [-0.39, 0.29) is 32.0 Å². The Morgan fingerprint density at radius 3 is 1.81 bits per heavy atom. The van der Waals surface area contributed by atoms with Gasteiger partial charge in [0.2, 0.25) is 0 Å². The molecule has 11 heteroatoms. The third kappa shape index (κ3) is 32.4. The molecular weight excluding hydrogens is 693 g/mol. The molecule has 1 heterocycles. The second-order valence-corrected chi connectivity index (χ2v) is 17.2. The molecule has 3 unspecified atom stereocenters. The summed E-state index contributed by atoms with van der Waals surface area (Å²) in [6, 6.07) is 0. The highest BCUT2D eigenvalue weighted by atomic mass is 31.2. The zero-order valence-electron chi connectivity index (χ0n) is 34.4. The first-order valence-corrected chi connectivity index (χ1v) is 22.7. The highest BCUT2D eigenvalue weighted by molar-refractivity contribution is 7.47. The monoisotopic (exact) mass is 773 g/mol. The zero-order chi connectivity index (χ0) is 39.0. The molecule has 1 rings (SSSR count). The number of phosphoric acid groups is 1. The molecule has 1 aliphatic rings. The summed E-state index contributed by atoms with van der Waals surface area (Å²) in [6.07, 6.45) is 33.9. The average molecular weight is 773 g/mol. The summed E-state index contributed by atoms with van der Waals surface area (Å²) in [6.45, 7) is 4.34. The number of hydrogen-bond acceptors (Lipinski definition) is 8. The molecule has 0 saturated carbocycles. The fraction of sp³-hybridized carbons (Fsp3) is 0.857. The number of phosphoric ester groups is 1. The van der Waals surface area contributed by atoms with E-state index in [4.69, 9.17) is 23.3 Å². The number of rotatable bonds is 37. The van der Waals surface area contributed by atoms with Crippen molar-refractivity contribution < 1.29 is 46.8 Å². The lowest BCUT2D eigenvalue weighted by molar-refractivity contribution is -0.870. The van der Waals surface area contributed by atoms with E-state index in [1.807, 2.05) is 21.1 Å². The Hall–Kier alpha value is -1.55. The summed E-state index contributed by atoms with van der Waals surface area (Å²) in [7, 11) is 1.46. The summed E-state index contributed by atoms with van der Waals surface area (Å²) in [4.78, 5) is 35.3. The fourth-order valence-corrected chi connectivity index (χ4v) is 6.64. The van der Waals surface area contributed by atoms with Crippen molar-refractivity contribution in [2.75, 3.05) is 47.5 Å². The molecular formula is C42H79NO9P+. The van der Waals surface area contributed by atoms with E-state index >= 15 is 0 Å². The molecule has 4 atom stereocenters. The van der Waals surface area contributed by atoms with E-state index in [0.29, 0.717) is 29.7 Å². The fourth-order valence-electron chi connectivity index (χ4n) is 5.90. The summed E-state index contributed by atoms with van der Waals surface area (Å²) >= 11 is 0. The maximum absolute atomic E-state index is 12.6. The number of carbonyl (C=O) groups is 2. The van der Waals surface area contributed by atoms with Gasteiger partial charge in [0.25, 0.3) is 0 Å². The van der Waals surface area contributed by atoms with Gasteiger partial charge in [0, 0.05) is 12.8 Å². The molecule has 53 heavy (non-hydrogen) atoms. The third-order valence-electron chi connectivity index (χ3n) is 9.38. The number of esters is 2. The van der Waals surface area contributed by atoms with Crippen molar-refractivity contribution in [3.63, 3.8) is 0 Å². The lowest BCUT2D eigenvalue weighted by Crippen LogP contribution is -2.37. The first-order valence-electron chi connectivity index (χ1n) is 21.2. The summed E-state index contributed by atoms with van der Waals surface area (Å²) in [5, 5.41) is 0. The van der Waals surface area contributed by atoms with Crippen LogP contribution in [-0.2, 0) is 37.4 Å². The largest absolute Gasteiger partial charge is 0.472 e. The van der Waals surface area contributed by atoms with Gasteiger partial charge < -0.3 is 23.6 Å². The molecule has 1 fully saturated rings. The molecule has 0 bridgehead atoms. The number of quaternary nitrogens is 1. The molecule has 1 aliphatic heterocycles. The van der Waals surface area contributed by atoms with Gasteiger partial charge in [-0.25, -0.2) is 4.57 Å². The molecule has 0 spiro atoms. The lowest BCUT2D eigenvalue weighted by atomic mass is 10.1. The predicted molar refractivity (Wildman–Crippen MR) is 215 cm³/mol. The quantitative estimate of drug-likeness (QED) is 0.0164. The highest BCUT2D eigenvalue weighted by Crippen LogP contribution is 2.43. The van der Waals surface area contributed by atoms with Crippen LogP contribution in [0.15, 0.2) is 24.3 Å². The topological polar surface area (TPSA) is 121 Å². The Bertz CT molecular complexity index is 1030. The number of likely N-dealkylation sites (N-methyl/N-ethyl adjacent to an activating group) is 1. The zero-order valence-corrected chi connectivity index (χ0v) is 35.3. The Morgan fingerprint density at radius 2 is 1.21 bits per heavy atom. The Morgan fingerprint density at radius 1 is 0.679 bits per heavy atom. The Balaban J connectivity index is 2.30. The van der Waals surface area contributed by atoms with Crippen LogP contribution in [0.3, 0.4) is 0 Å². The van der Waals surface area contributed by atoms with Gasteiger partial charge in [0.05, 0.1) is 40.0 Å². The smallest absolute Gasteiger partial charge is 0.462 e. The minimum Gasteiger partial charge on any atom is -0.462 e. The van der Waals surface area contributed by atoms with Gasteiger partial charge in [-0.2, -0.15) is 0 Å². The van der Waals surface area contributed by atoms with Crippen LogP contribution in [0.5, 0.6) is 0 Å². The minimum atomic E-state index is -4.38. The van der Waals surface area contributed by atoms with E-state index in [1.54, 1.807) is 0 Å². The first kappa shape index (κ1) is 49.5. The van der Waals surface area contributed by atoms with Crippen molar-refractivity contribution >= 4 is 19.8 Å². The van der Waals surface area contributed by atoms with Crippen LogP contribution in [0.4, 0.5) is 0 Å². The Kier molecular flexibility index (Phi) is 29.5. The lowest BCUT2D eigenvalue weighted by Gasteiger charge is -2.24. The molecule has 0 aromatic heterocycles. The van der Waals surface area contributed by atoms with E-state index in [1.165, 1.54) is 57.8 Å². The molecule has 310 valence electrons. The predicted octanol–water partition coefficient (Wildman–Crippen LogP) is 10.6. The third-order valence-corrected chi connectivity index (χ3v) is 10.4. The molecule has 10 nitrogen and oxygen atoms in total. The van der Waals surface area contributed by atoms with E-state index < -0.39 is 26.5 Å². The molecule has 1 saturated heterocycles. The van der Waals surface area contributed by atoms with Crippen molar-refractivity contribution in [1.29, 1.82) is 0 Å². The van der Waals surface area contributed by atoms with Crippen LogP contribution in [-0.4, -0.2) is 87.1 Å². The van der Waals surface area contributed by atoms with Gasteiger partial charge in [0.15, 0.2) is 6.10 Å². The maximum Gasteiger partial charge on any atom is 0.472 e. The molecule has 0 aliphatic carbocycles. The number of carbonyl (C=O) groups excluding carboxylic acids is 2. The van der Waals surface area contributed by atoms with Crippen LogP contribution in [0.25, 0.3) is 0 Å². The van der Waals surface area contributed by atoms with Crippen molar-refractivity contribution in [2.45, 2.75) is 186 Å². The summed E-state index contributed by atoms with van der Waals surface area (Å²) in [5.74, 6) is -0.830. The van der Waals surface area contributed by atoms with Crippen molar-refractivity contribution in [3.05, 3.63) is 24.3 Å². The summed E-state index contributed by atoms with van der Waals surface area (Å²) < 4.78 is 40.0. The normalized spacial score (nSPS) is 17.7. The SMILES string of the molecule is CCCCCC/C=C\CCCCCCCC(=O)O[C@H](COC(=O)CCCCCCC/C=C\CC1OC1CCCCC)COP(=O)(O)OCC[N+](C)(C)C. The van der Waals surface area contributed by atoms with Crippen molar-refractivity contribution in [1.82, 2.24) is 0 Å². The van der Waals surface area contributed by atoms with E-state index in [2.05, 4.69) is 38.2 Å². The maximum atomic E-state index is 12.6. The number of hydrogen-bond donors (Lipinski definition) is 1. The molecule has 0 aromatic rings. The number of unbranched alkanes of at least 4 members (excludes halogenated alkanes) is 16. The minimum absolute atomic E-state index is 0.0260. The average Bonchev–Trinajstić information content (AvgIpc) is 3.86. The second kappa shape index (κ2) is 31.6. The van der Waals surface area contributed by atoms with Gasteiger partial charge >= 0.3 is 19.8 Å². The highest BCUT2D eigenvalue weighted by Gasteiger charge is 2.36. The van der Waals surface area contributed by atoms with Gasteiger partial charge in [0.1, 0.15) is 19.8 Å². The number of epoxide rings is 1. The van der Waals surface area contributed by atoms with Crippen molar-refractivity contribution in [2.24, 2.45) is 0 Å². The number of nitrogens with zero attached hydrogens (tertiary/aromatic N) is 1. The van der Waals surface area contributed by atoms with E-state index in [9.17, 15) is 19.0 Å². The molecule has 0 amide bonds. The van der Waals surface area contributed by atoms with Crippen LogP contribution >= 0.6 is 7.82 Å². The van der Waals surface area contributed by atoms with Crippen LogP contribution in [0.2, 0.25) is 0 Å². The van der Waals surface area contributed by atoms with Crippen LogP contribution < -0.4 is 0 Å². The van der Waals surface area contributed by atoms with Gasteiger partial charge in [-0.05, 0) is 64.2 Å². The first-order chi connectivity index (χ1) is 25.5. The number of allylic oxidation sites excluding steroid dienone is 3. The second-order valence-electron chi connectivity index (χ2n) is 15.8.